The number of nitrogens with zero attached hydrogens (tertiary/aromatic N) is 3. The monoisotopic (exact) mass is 430 g/mol. The number of halogens is 2. The smallest absolute Gasteiger partial charge is 0.341 e. The van der Waals surface area contributed by atoms with Crippen LogP contribution in [0.1, 0.15) is 10.4 Å². The molecule has 9 heteroatoms. The van der Waals surface area contributed by atoms with Gasteiger partial charge in [0.15, 0.2) is 0 Å². The van der Waals surface area contributed by atoms with E-state index in [-0.39, 0.29) is 16.7 Å². The zero-order valence-corrected chi connectivity index (χ0v) is 17.6. The van der Waals surface area contributed by atoms with E-state index < -0.39 is 17.3 Å². The van der Waals surface area contributed by atoms with Crippen LogP contribution in [0.2, 0.25) is 5.02 Å². The highest BCUT2D eigenvalue weighted by Gasteiger charge is 2.20. The lowest BCUT2D eigenvalue weighted by molar-refractivity contribution is 0.0601. The molecule has 30 heavy (non-hydrogen) atoms. The Labute approximate surface area is 177 Å². The number of hydrogen-bond donors (Lipinski definition) is 1. The van der Waals surface area contributed by atoms with Gasteiger partial charge in [0.25, 0.3) is 5.56 Å². The molecule has 0 fully saturated rings. The average molecular weight is 431 g/mol. The minimum Gasteiger partial charge on any atom is -0.465 e. The lowest BCUT2D eigenvalue weighted by Crippen LogP contribution is -2.27. The fraction of sp³-hybridized carbons (Fsp3) is 0.190. The van der Waals surface area contributed by atoms with Gasteiger partial charge in [0.05, 0.1) is 24.0 Å². The minimum absolute atomic E-state index is 0.0828. The van der Waals surface area contributed by atoms with Gasteiger partial charge < -0.3 is 15.0 Å². The van der Waals surface area contributed by atoms with E-state index in [1.54, 1.807) is 32.1 Å². The highest BCUT2D eigenvalue weighted by atomic mass is 35.5. The van der Waals surface area contributed by atoms with Gasteiger partial charge in [-0.3, -0.25) is 14.3 Å². The zero-order chi connectivity index (χ0) is 22.0. The molecule has 0 aliphatic carbocycles. The van der Waals surface area contributed by atoms with Gasteiger partial charge in [-0.05, 0) is 30.3 Å². The molecule has 0 amide bonds. The normalized spacial score (nSPS) is 10.6. The molecule has 2 aromatic heterocycles. The second-order valence-electron chi connectivity index (χ2n) is 6.72. The second-order valence-corrected chi connectivity index (χ2v) is 7.15. The van der Waals surface area contributed by atoms with Crippen molar-refractivity contribution in [2.24, 2.45) is 7.05 Å². The quantitative estimate of drug-likeness (QED) is 0.620. The summed E-state index contributed by atoms with van der Waals surface area (Å²) in [4.78, 5) is 30.8. The van der Waals surface area contributed by atoms with Crippen LogP contribution in [0.3, 0.4) is 0 Å². The maximum atomic E-state index is 14.5. The Morgan fingerprint density at radius 1 is 1.20 bits per heavy atom. The number of benzene rings is 1. The third-order valence-electron chi connectivity index (χ3n) is 4.52. The molecule has 3 rings (SSSR count). The maximum absolute atomic E-state index is 14.5. The molecule has 0 atom stereocenters. The van der Waals surface area contributed by atoms with E-state index in [9.17, 15) is 14.0 Å². The van der Waals surface area contributed by atoms with E-state index in [2.05, 4.69) is 10.3 Å². The Morgan fingerprint density at radius 2 is 1.93 bits per heavy atom. The Kier molecular flexibility index (Phi) is 6.07. The Morgan fingerprint density at radius 3 is 2.60 bits per heavy atom. The molecular formula is C21H20ClFN4O3. The van der Waals surface area contributed by atoms with Crippen molar-refractivity contribution < 1.29 is 13.9 Å². The minimum atomic E-state index is -0.570. The maximum Gasteiger partial charge on any atom is 0.341 e. The zero-order valence-electron chi connectivity index (χ0n) is 16.9. The number of nitrogens with one attached hydrogen (secondary N) is 1. The standard InChI is InChI=1S/C21H20ClFN4O3/c1-26(2)19-18(25-17-7-8-24-11-15(17)21(29)30-4)10-14(20(28)27(19)3)13-9-12(22)5-6-16(13)23/h5-11H,1-4H3,(H,24,25). The molecule has 0 saturated heterocycles. The largest absolute Gasteiger partial charge is 0.465 e. The third kappa shape index (κ3) is 3.99. The van der Waals surface area contributed by atoms with Crippen molar-refractivity contribution >= 4 is 34.8 Å². The molecule has 2 heterocycles. The molecule has 0 radical (unpaired) electrons. The number of carbonyl (C=O) groups is 1. The summed E-state index contributed by atoms with van der Waals surface area (Å²) in [6.07, 6.45) is 2.90. The van der Waals surface area contributed by atoms with E-state index >= 15 is 0 Å². The van der Waals surface area contributed by atoms with Crippen LogP contribution in [0.15, 0.2) is 47.5 Å². The van der Waals surface area contributed by atoms with Crippen molar-refractivity contribution in [2.75, 3.05) is 31.4 Å². The number of pyridine rings is 2. The van der Waals surface area contributed by atoms with Crippen LogP contribution < -0.4 is 15.8 Å². The average Bonchev–Trinajstić information content (AvgIpc) is 2.72. The van der Waals surface area contributed by atoms with Crippen molar-refractivity contribution in [1.29, 1.82) is 0 Å². The summed E-state index contributed by atoms with van der Waals surface area (Å²) in [5.41, 5.74) is 0.935. The summed E-state index contributed by atoms with van der Waals surface area (Å²) in [7, 11) is 6.40. The summed E-state index contributed by atoms with van der Waals surface area (Å²) >= 11 is 6.02. The predicted molar refractivity (Wildman–Crippen MR) is 115 cm³/mol. The van der Waals surface area contributed by atoms with E-state index in [4.69, 9.17) is 16.3 Å². The summed E-state index contributed by atoms with van der Waals surface area (Å²) in [5, 5.41) is 3.46. The van der Waals surface area contributed by atoms with E-state index in [0.29, 0.717) is 22.2 Å². The Bertz CT molecular complexity index is 1180. The van der Waals surface area contributed by atoms with Crippen molar-refractivity contribution in [2.45, 2.75) is 0 Å². The van der Waals surface area contributed by atoms with E-state index in [1.807, 2.05) is 0 Å². The van der Waals surface area contributed by atoms with Crippen LogP contribution in [0.5, 0.6) is 0 Å². The van der Waals surface area contributed by atoms with Crippen molar-refractivity contribution in [3.63, 3.8) is 0 Å². The van der Waals surface area contributed by atoms with Crippen molar-refractivity contribution in [1.82, 2.24) is 9.55 Å². The van der Waals surface area contributed by atoms with Gasteiger partial charge in [-0.1, -0.05) is 11.6 Å². The number of esters is 1. The highest BCUT2D eigenvalue weighted by molar-refractivity contribution is 6.30. The van der Waals surface area contributed by atoms with Crippen LogP contribution in [-0.2, 0) is 11.8 Å². The van der Waals surface area contributed by atoms with E-state index in [1.165, 1.54) is 48.3 Å². The fourth-order valence-corrected chi connectivity index (χ4v) is 3.35. The van der Waals surface area contributed by atoms with Gasteiger partial charge in [0, 0.05) is 44.1 Å². The molecule has 0 spiro atoms. The molecule has 1 N–H and O–H groups in total. The molecule has 7 nitrogen and oxygen atoms in total. The number of anilines is 3. The molecule has 0 bridgehead atoms. The van der Waals surface area contributed by atoms with Gasteiger partial charge in [0.2, 0.25) is 0 Å². The third-order valence-corrected chi connectivity index (χ3v) is 4.76. The van der Waals surface area contributed by atoms with Crippen molar-refractivity contribution in [3.05, 3.63) is 69.5 Å². The number of rotatable bonds is 5. The highest BCUT2D eigenvalue weighted by Crippen LogP contribution is 2.32. The van der Waals surface area contributed by atoms with E-state index in [0.717, 1.165) is 0 Å². The van der Waals surface area contributed by atoms with Gasteiger partial charge >= 0.3 is 5.97 Å². The Hall–Kier alpha value is -3.39. The number of ether oxygens (including phenoxy) is 1. The molecule has 0 unspecified atom stereocenters. The summed E-state index contributed by atoms with van der Waals surface area (Å²) in [6.45, 7) is 0. The number of hydrogen-bond acceptors (Lipinski definition) is 6. The molecule has 156 valence electrons. The lowest BCUT2D eigenvalue weighted by atomic mass is 10.1. The molecule has 0 aliphatic rings. The van der Waals surface area contributed by atoms with Crippen LogP contribution in [0.25, 0.3) is 11.1 Å². The van der Waals surface area contributed by atoms with Crippen LogP contribution >= 0.6 is 11.6 Å². The first-order valence-electron chi connectivity index (χ1n) is 8.90. The van der Waals surface area contributed by atoms with Crippen molar-refractivity contribution in [3.8, 4) is 11.1 Å². The molecular weight excluding hydrogens is 411 g/mol. The molecule has 1 aromatic carbocycles. The second kappa shape index (κ2) is 8.54. The lowest BCUT2D eigenvalue weighted by Gasteiger charge is -2.23. The first-order valence-corrected chi connectivity index (χ1v) is 9.28. The van der Waals surface area contributed by atoms with Crippen LogP contribution in [-0.4, -0.2) is 36.7 Å². The predicted octanol–water partition coefficient (Wildman–Crippen LogP) is 3.84. The van der Waals surface area contributed by atoms with Crippen LogP contribution in [0, 0.1) is 5.82 Å². The number of aromatic nitrogens is 2. The SMILES string of the molecule is COC(=O)c1cnccc1Nc1cc(-c2cc(Cl)ccc2F)c(=O)n(C)c1N(C)C. The summed E-state index contributed by atoms with van der Waals surface area (Å²) < 4.78 is 20.7. The number of carbonyl (C=O) groups excluding carboxylic acids is 1. The van der Waals surface area contributed by atoms with Gasteiger partial charge in [-0.25, -0.2) is 9.18 Å². The first-order chi connectivity index (χ1) is 14.2. The fourth-order valence-electron chi connectivity index (χ4n) is 3.18. The van der Waals surface area contributed by atoms with Crippen LogP contribution in [0.4, 0.5) is 21.6 Å². The topological polar surface area (TPSA) is 76.5 Å². The summed E-state index contributed by atoms with van der Waals surface area (Å²) in [5.74, 6) is -0.610. The molecule has 3 aromatic rings. The Balaban J connectivity index is 2.25. The molecule has 0 saturated carbocycles. The first kappa shape index (κ1) is 21.3. The van der Waals surface area contributed by atoms with Gasteiger partial charge in [-0.15, -0.1) is 0 Å². The summed E-state index contributed by atoms with van der Waals surface area (Å²) in [6, 6.07) is 7.17. The molecule has 0 aliphatic heterocycles. The van der Waals surface area contributed by atoms with Gasteiger partial charge in [0.1, 0.15) is 17.2 Å². The number of methoxy groups -OCH3 is 1. The van der Waals surface area contributed by atoms with Gasteiger partial charge in [-0.2, -0.15) is 0 Å².